The molecule has 7 nitrogen and oxygen atoms in total. The summed E-state index contributed by atoms with van der Waals surface area (Å²) in [6.07, 6.45) is 3.41. The number of rotatable bonds is 2. The highest BCUT2D eigenvalue weighted by Crippen LogP contribution is 2.26. The number of hydrogen-bond donors (Lipinski definition) is 0. The Morgan fingerprint density at radius 1 is 1.29 bits per heavy atom. The molecule has 0 amide bonds. The van der Waals surface area contributed by atoms with Crippen molar-refractivity contribution in [3.05, 3.63) is 18.2 Å². The number of ether oxygens (including phenoxy) is 1. The predicted octanol–water partition coefficient (Wildman–Crippen LogP) is -0.288. The van der Waals surface area contributed by atoms with Crippen LogP contribution in [0.2, 0.25) is 0 Å². The summed E-state index contributed by atoms with van der Waals surface area (Å²) in [4.78, 5) is 9.83. The molecule has 116 valence electrons. The minimum absolute atomic E-state index is 0.0506. The van der Waals surface area contributed by atoms with Crippen LogP contribution in [0.4, 0.5) is 10.3 Å². The number of nitrogens with zero attached hydrogens (tertiary/aromatic N) is 4. The Kier molecular flexibility index (Phi) is 3.80. The fourth-order valence-corrected chi connectivity index (χ4v) is 3.67. The van der Waals surface area contributed by atoms with Crippen LogP contribution in [-0.4, -0.2) is 67.8 Å². The Hall–Kier alpha value is -1.32. The molecule has 2 saturated heterocycles. The quantitative estimate of drug-likeness (QED) is 0.746. The minimum atomic E-state index is -3.22. The van der Waals surface area contributed by atoms with Crippen molar-refractivity contribution in [1.29, 1.82) is 0 Å². The highest BCUT2D eigenvalue weighted by atomic mass is 32.2. The topological polar surface area (TPSA) is 75.6 Å². The number of fused-ring (bicyclic) bond motifs is 1. The summed E-state index contributed by atoms with van der Waals surface area (Å²) in [5.74, 6) is 0.0292. The van der Waals surface area contributed by atoms with Crippen molar-refractivity contribution in [2.24, 2.45) is 5.92 Å². The van der Waals surface area contributed by atoms with Gasteiger partial charge in [-0.3, -0.25) is 0 Å². The fourth-order valence-electron chi connectivity index (χ4n) is 2.80. The second kappa shape index (κ2) is 5.47. The van der Waals surface area contributed by atoms with Crippen molar-refractivity contribution in [2.45, 2.75) is 6.10 Å². The number of hydrogen-bond acceptors (Lipinski definition) is 6. The molecule has 21 heavy (non-hydrogen) atoms. The van der Waals surface area contributed by atoms with Gasteiger partial charge in [0.05, 0.1) is 31.4 Å². The van der Waals surface area contributed by atoms with E-state index in [4.69, 9.17) is 4.74 Å². The van der Waals surface area contributed by atoms with Crippen LogP contribution in [0, 0.1) is 11.7 Å². The molecule has 2 atom stereocenters. The van der Waals surface area contributed by atoms with Gasteiger partial charge >= 0.3 is 0 Å². The SMILES string of the molecule is CS(=O)(=O)N1CCO[C@H]2CN(c3ncc(F)cn3)C[C@H]2C1. The largest absolute Gasteiger partial charge is 0.375 e. The van der Waals surface area contributed by atoms with Gasteiger partial charge in [-0.05, 0) is 0 Å². The third kappa shape index (κ3) is 3.14. The lowest BCUT2D eigenvalue weighted by Crippen LogP contribution is -2.36. The van der Waals surface area contributed by atoms with Crippen molar-refractivity contribution >= 4 is 16.0 Å². The summed E-state index contributed by atoms with van der Waals surface area (Å²) in [7, 11) is -3.22. The molecule has 1 aromatic heterocycles. The molecule has 0 aliphatic carbocycles. The lowest BCUT2D eigenvalue weighted by atomic mass is 10.1. The average Bonchev–Trinajstić information content (AvgIpc) is 2.70. The van der Waals surface area contributed by atoms with Gasteiger partial charge in [-0.25, -0.2) is 22.8 Å². The maximum atomic E-state index is 12.9. The highest BCUT2D eigenvalue weighted by Gasteiger charge is 2.39. The summed E-state index contributed by atoms with van der Waals surface area (Å²) in [6, 6.07) is 0. The van der Waals surface area contributed by atoms with Crippen LogP contribution < -0.4 is 4.90 Å². The van der Waals surface area contributed by atoms with E-state index in [2.05, 4.69) is 9.97 Å². The molecule has 3 heterocycles. The first-order valence-corrected chi connectivity index (χ1v) is 8.57. The van der Waals surface area contributed by atoms with Gasteiger partial charge in [0.25, 0.3) is 0 Å². The smallest absolute Gasteiger partial charge is 0.225 e. The Bertz CT molecular complexity index is 609. The third-order valence-corrected chi connectivity index (χ3v) is 5.12. The summed E-state index contributed by atoms with van der Waals surface area (Å²) in [5, 5.41) is 0. The maximum Gasteiger partial charge on any atom is 0.225 e. The van der Waals surface area contributed by atoms with Gasteiger partial charge in [0, 0.05) is 32.1 Å². The van der Waals surface area contributed by atoms with Crippen molar-refractivity contribution in [3.8, 4) is 0 Å². The lowest BCUT2D eigenvalue weighted by Gasteiger charge is -2.21. The van der Waals surface area contributed by atoms with Crippen molar-refractivity contribution < 1.29 is 17.5 Å². The van der Waals surface area contributed by atoms with E-state index < -0.39 is 15.8 Å². The zero-order valence-corrected chi connectivity index (χ0v) is 12.5. The van der Waals surface area contributed by atoms with Gasteiger partial charge in [0.15, 0.2) is 5.82 Å². The maximum absolute atomic E-state index is 12.9. The van der Waals surface area contributed by atoms with Crippen LogP contribution in [-0.2, 0) is 14.8 Å². The van der Waals surface area contributed by atoms with Gasteiger partial charge in [0.1, 0.15) is 0 Å². The molecule has 2 aliphatic rings. The highest BCUT2D eigenvalue weighted by molar-refractivity contribution is 7.88. The van der Waals surface area contributed by atoms with Crippen molar-refractivity contribution in [3.63, 3.8) is 0 Å². The van der Waals surface area contributed by atoms with Crippen LogP contribution in [0.15, 0.2) is 12.4 Å². The molecule has 0 radical (unpaired) electrons. The molecular formula is C12H17FN4O3S. The first-order valence-electron chi connectivity index (χ1n) is 6.73. The van der Waals surface area contributed by atoms with E-state index in [0.717, 1.165) is 12.4 Å². The van der Waals surface area contributed by atoms with E-state index in [1.54, 1.807) is 0 Å². The monoisotopic (exact) mass is 316 g/mol. The Morgan fingerprint density at radius 2 is 2.00 bits per heavy atom. The van der Waals surface area contributed by atoms with Crippen LogP contribution in [0.5, 0.6) is 0 Å². The van der Waals surface area contributed by atoms with Crippen molar-refractivity contribution in [1.82, 2.24) is 14.3 Å². The van der Waals surface area contributed by atoms with E-state index in [0.29, 0.717) is 38.7 Å². The van der Waals surface area contributed by atoms with E-state index in [1.807, 2.05) is 4.90 Å². The van der Waals surface area contributed by atoms with Crippen LogP contribution in [0.1, 0.15) is 0 Å². The van der Waals surface area contributed by atoms with Crippen molar-refractivity contribution in [2.75, 3.05) is 43.9 Å². The lowest BCUT2D eigenvalue weighted by molar-refractivity contribution is 0.0583. The van der Waals surface area contributed by atoms with Crippen LogP contribution in [0.25, 0.3) is 0 Å². The first kappa shape index (κ1) is 14.6. The molecule has 0 unspecified atom stereocenters. The average molecular weight is 316 g/mol. The van der Waals surface area contributed by atoms with Crippen LogP contribution >= 0.6 is 0 Å². The molecule has 0 aromatic carbocycles. The molecular weight excluding hydrogens is 299 g/mol. The van der Waals surface area contributed by atoms with Crippen LogP contribution in [0.3, 0.4) is 0 Å². The Labute approximate surface area is 122 Å². The molecule has 0 bridgehead atoms. The van der Waals surface area contributed by atoms with E-state index in [-0.39, 0.29) is 12.0 Å². The minimum Gasteiger partial charge on any atom is -0.375 e. The summed E-state index contributed by atoms with van der Waals surface area (Å²) < 4.78 is 43.5. The van der Waals surface area contributed by atoms with Gasteiger partial charge < -0.3 is 9.64 Å². The molecule has 0 saturated carbocycles. The molecule has 2 aliphatic heterocycles. The Morgan fingerprint density at radius 3 is 2.67 bits per heavy atom. The summed E-state index contributed by atoms with van der Waals surface area (Å²) >= 11 is 0. The molecule has 3 rings (SSSR count). The predicted molar refractivity (Wildman–Crippen MR) is 73.8 cm³/mol. The number of anilines is 1. The Balaban J connectivity index is 1.74. The van der Waals surface area contributed by atoms with Gasteiger partial charge in [-0.1, -0.05) is 0 Å². The van der Waals surface area contributed by atoms with E-state index >= 15 is 0 Å². The molecule has 2 fully saturated rings. The third-order valence-electron chi connectivity index (χ3n) is 3.85. The normalized spacial score (nSPS) is 27.4. The van der Waals surface area contributed by atoms with E-state index in [9.17, 15) is 12.8 Å². The second-order valence-electron chi connectivity index (χ2n) is 5.40. The number of aromatic nitrogens is 2. The summed E-state index contributed by atoms with van der Waals surface area (Å²) in [5.41, 5.74) is 0. The zero-order chi connectivity index (χ0) is 15.0. The van der Waals surface area contributed by atoms with E-state index in [1.165, 1.54) is 10.6 Å². The summed E-state index contributed by atoms with van der Waals surface area (Å²) in [6.45, 7) is 2.39. The second-order valence-corrected chi connectivity index (χ2v) is 7.38. The van der Waals surface area contributed by atoms with Gasteiger partial charge in [-0.2, -0.15) is 4.31 Å². The molecule has 1 aromatic rings. The van der Waals surface area contributed by atoms with Gasteiger partial charge in [-0.15, -0.1) is 0 Å². The zero-order valence-electron chi connectivity index (χ0n) is 11.6. The standard InChI is InChI=1S/C12H17FN4O3S/c1-21(18,19)17-2-3-20-11-8-16(6-9(11)7-17)12-14-4-10(13)5-15-12/h4-5,9,11H,2-3,6-8H2,1H3/t9-,11-/m0/s1. The number of halogens is 1. The number of sulfonamides is 1. The first-order chi connectivity index (χ1) is 9.93. The molecule has 0 N–H and O–H groups in total. The fraction of sp³-hybridized carbons (Fsp3) is 0.667. The molecule has 9 heteroatoms. The molecule has 0 spiro atoms. The van der Waals surface area contributed by atoms with Gasteiger partial charge in [0.2, 0.25) is 16.0 Å².